The largest absolute Gasteiger partial charge is 0.497 e. The standard InChI is InChI=1S/C24H32N2O3S/c1-28-20-13-14-21(29-2)17(15-20)16-22-23(27)26(19-11-7-4-8-12-19)24(30-22)25-18-9-5-3-6-10-18/h13-16,18-19H,3-12H2,1-2H3. The van der Waals surface area contributed by atoms with Gasteiger partial charge in [-0.3, -0.25) is 14.7 Å². The van der Waals surface area contributed by atoms with Crippen LogP contribution in [0.1, 0.15) is 69.8 Å². The number of amides is 1. The van der Waals surface area contributed by atoms with Crippen LogP contribution in [0.5, 0.6) is 11.5 Å². The van der Waals surface area contributed by atoms with Crippen LogP contribution in [-0.4, -0.2) is 42.3 Å². The molecule has 3 aliphatic rings. The number of hydrogen-bond donors (Lipinski definition) is 0. The van der Waals surface area contributed by atoms with E-state index in [-0.39, 0.29) is 11.9 Å². The number of carbonyl (C=O) groups excluding carboxylic acids is 1. The van der Waals surface area contributed by atoms with Crippen molar-refractivity contribution >= 4 is 28.9 Å². The summed E-state index contributed by atoms with van der Waals surface area (Å²) in [4.78, 5) is 21.3. The number of hydrogen-bond acceptors (Lipinski definition) is 5. The molecule has 0 aromatic heterocycles. The van der Waals surface area contributed by atoms with Gasteiger partial charge in [-0.15, -0.1) is 0 Å². The molecule has 0 unspecified atom stereocenters. The highest BCUT2D eigenvalue weighted by atomic mass is 32.2. The Kier molecular flexibility index (Phi) is 7.03. The Morgan fingerprint density at radius 2 is 1.70 bits per heavy atom. The first-order valence-corrected chi connectivity index (χ1v) is 12.0. The third-order valence-electron chi connectivity index (χ3n) is 6.37. The van der Waals surface area contributed by atoms with Gasteiger partial charge in [-0.25, -0.2) is 0 Å². The summed E-state index contributed by atoms with van der Waals surface area (Å²) in [6.45, 7) is 0. The molecule has 3 fully saturated rings. The van der Waals surface area contributed by atoms with Crippen LogP contribution in [0.3, 0.4) is 0 Å². The fourth-order valence-corrected chi connectivity index (χ4v) is 5.80. The zero-order valence-electron chi connectivity index (χ0n) is 18.1. The molecule has 1 aliphatic heterocycles. The Morgan fingerprint density at radius 1 is 1.00 bits per heavy atom. The van der Waals surface area contributed by atoms with Gasteiger partial charge < -0.3 is 9.47 Å². The first-order chi connectivity index (χ1) is 14.7. The van der Waals surface area contributed by atoms with Crippen molar-refractivity contribution in [3.63, 3.8) is 0 Å². The lowest BCUT2D eigenvalue weighted by molar-refractivity contribution is -0.124. The molecule has 1 amide bonds. The van der Waals surface area contributed by atoms with Gasteiger partial charge >= 0.3 is 0 Å². The molecule has 0 bridgehead atoms. The van der Waals surface area contributed by atoms with E-state index in [0.29, 0.717) is 6.04 Å². The summed E-state index contributed by atoms with van der Waals surface area (Å²) in [6, 6.07) is 6.30. The third kappa shape index (κ3) is 4.69. The average molecular weight is 429 g/mol. The Morgan fingerprint density at radius 3 is 2.37 bits per heavy atom. The Bertz CT molecular complexity index is 824. The number of rotatable bonds is 5. The van der Waals surface area contributed by atoms with E-state index < -0.39 is 0 Å². The lowest BCUT2D eigenvalue weighted by Crippen LogP contribution is -2.41. The molecule has 1 aromatic carbocycles. The number of nitrogens with zero attached hydrogens (tertiary/aromatic N) is 2. The van der Waals surface area contributed by atoms with E-state index in [1.54, 1.807) is 14.2 Å². The molecule has 1 saturated heterocycles. The summed E-state index contributed by atoms with van der Waals surface area (Å²) in [5.41, 5.74) is 0.857. The van der Waals surface area contributed by atoms with Crippen molar-refractivity contribution in [2.75, 3.05) is 14.2 Å². The monoisotopic (exact) mass is 428 g/mol. The second kappa shape index (κ2) is 9.90. The normalized spacial score (nSPS) is 24.1. The van der Waals surface area contributed by atoms with Gasteiger partial charge in [-0.05, 0) is 61.7 Å². The highest BCUT2D eigenvalue weighted by Gasteiger charge is 2.39. The van der Waals surface area contributed by atoms with Crippen LogP contribution in [0.4, 0.5) is 0 Å². The van der Waals surface area contributed by atoms with Crippen LogP contribution in [0.25, 0.3) is 6.08 Å². The molecule has 2 aliphatic carbocycles. The van der Waals surface area contributed by atoms with E-state index in [2.05, 4.69) is 0 Å². The van der Waals surface area contributed by atoms with Crippen LogP contribution in [-0.2, 0) is 4.79 Å². The van der Waals surface area contributed by atoms with Gasteiger partial charge in [0.2, 0.25) is 0 Å². The third-order valence-corrected chi connectivity index (χ3v) is 7.36. The number of benzene rings is 1. The zero-order valence-corrected chi connectivity index (χ0v) is 18.9. The SMILES string of the molecule is COc1ccc(OC)c(C=C2SC(=NC3CCCCC3)N(C3CCCCC3)C2=O)c1. The fourth-order valence-electron chi connectivity index (χ4n) is 4.70. The minimum absolute atomic E-state index is 0.0892. The highest BCUT2D eigenvalue weighted by molar-refractivity contribution is 8.18. The molecule has 0 radical (unpaired) electrons. The Balaban J connectivity index is 1.67. The summed E-state index contributed by atoms with van der Waals surface area (Å²) < 4.78 is 10.9. The van der Waals surface area contributed by atoms with Crippen LogP contribution in [0.15, 0.2) is 28.1 Å². The number of amidine groups is 1. The molecule has 1 aromatic rings. The predicted molar refractivity (Wildman–Crippen MR) is 123 cm³/mol. The average Bonchev–Trinajstić information content (AvgIpc) is 3.09. The number of thioether (sulfide) groups is 1. The van der Waals surface area contributed by atoms with E-state index in [1.165, 1.54) is 50.3 Å². The van der Waals surface area contributed by atoms with Crippen LogP contribution >= 0.6 is 11.8 Å². The van der Waals surface area contributed by atoms with Crippen molar-refractivity contribution in [3.8, 4) is 11.5 Å². The van der Waals surface area contributed by atoms with Crippen LogP contribution < -0.4 is 9.47 Å². The molecule has 5 nitrogen and oxygen atoms in total. The molecule has 30 heavy (non-hydrogen) atoms. The summed E-state index contributed by atoms with van der Waals surface area (Å²) in [5.74, 6) is 1.57. The quantitative estimate of drug-likeness (QED) is 0.569. The molecule has 0 spiro atoms. The number of carbonyl (C=O) groups is 1. The molecule has 1 heterocycles. The number of aliphatic imine (C=N–C) groups is 1. The molecule has 4 rings (SSSR count). The summed E-state index contributed by atoms with van der Waals surface area (Å²) in [7, 11) is 3.30. The second-order valence-corrected chi connectivity index (χ2v) is 9.40. The van der Waals surface area contributed by atoms with Crippen molar-refractivity contribution < 1.29 is 14.3 Å². The van der Waals surface area contributed by atoms with Gasteiger partial charge in [0.05, 0.1) is 25.2 Å². The van der Waals surface area contributed by atoms with Crippen molar-refractivity contribution in [3.05, 3.63) is 28.7 Å². The molecule has 0 N–H and O–H groups in total. The van der Waals surface area contributed by atoms with E-state index >= 15 is 0 Å². The van der Waals surface area contributed by atoms with Gasteiger partial charge in [0.1, 0.15) is 11.5 Å². The summed E-state index contributed by atoms with van der Waals surface area (Å²) in [5, 5.41) is 0.909. The summed E-state index contributed by atoms with van der Waals surface area (Å²) in [6.07, 6.45) is 13.8. The first-order valence-electron chi connectivity index (χ1n) is 11.2. The van der Waals surface area contributed by atoms with Crippen LogP contribution in [0.2, 0.25) is 0 Å². The minimum Gasteiger partial charge on any atom is -0.497 e. The highest BCUT2D eigenvalue weighted by Crippen LogP contribution is 2.39. The molecule has 162 valence electrons. The molecular formula is C24H32N2O3S. The molecular weight excluding hydrogens is 396 g/mol. The van der Waals surface area contributed by atoms with E-state index in [9.17, 15) is 4.79 Å². The van der Waals surface area contributed by atoms with Crippen molar-refractivity contribution in [2.45, 2.75) is 76.3 Å². The smallest absolute Gasteiger partial charge is 0.267 e. The maximum Gasteiger partial charge on any atom is 0.267 e. The van der Waals surface area contributed by atoms with Crippen molar-refractivity contribution in [1.82, 2.24) is 4.90 Å². The van der Waals surface area contributed by atoms with Gasteiger partial charge in [-0.1, -0.05) is 38.5 Å². The van der Waals surface area contributed by atoms with Crippen molar-refractivity contribution in [2.24, 2.45) is 4.99 Å². The maximum atomic E-state index is 13.5. The van der Waals surface area contributed by atoms with Crippen LogP contribution in [0, 0.1) is 0 Å². The lowest BCUT2D eigenvalue weighted by atomic mass is 9.94. The van der Waals surface area contributed by atoms with Gasteiger partial charge in [0.25, 0.3) is 5.91 Å². The zero-order chi connectivity index (χ0) is 20.9. The van der Waals surface area contributed by atoms with E-state index in [0.717, 1.165) is 52.8 Å². The fraction of sp³-hybridized carbons (Fsp3) is 0.583. The van der Waals surface area contributed by atoms with Gasteiger partial charge in [0.15, 0.2) is 5.17 Å². The van der Waals surface area contributed by atoms with E-state index in [1.807, 2.05) is 29.2 Å². The Labute approximate surface area is 183 Å². The van der Waals surface area contributed by atoms with E-state index in [4.69, 9.17) is 14.5 Å². The number of ether oxygens (including phenoxy) is 2. The molecule has 0 atom stereocenters. The van der Waals surface area contributed by atoms with Gasteiger partial charge in [0, 0.05) is 11.6 Å². The minimum atomic E-state index is 0.0892. The lowest BCUT2D eigenvalue weighted by Gasteiger charge is -2.31. The maximum absolute atomic E-state index is 13.5. The summed E-state index contributed by atoms with van der Waals surface area (Å²) >= 11 is 1.53. The van der Waals surface area contributed by atoms with Gasteiger partial charge in [-0.2, -0.15) is 0 Å². The Hall–Kier alpha value is -1.95. The second-order valence-electron chi connectivity index (χ2n) is 8.39. The first kappa shape index (κ1) is 21.3. The topological polar surface area (TPSA) is 51.1 Å². The molecule has 6 heteroatoms. The predicted octanol–water partition coefficient (Wildman–Crippen LogP) is 5.64. The van der Waals surface area contributed by atoms with Crippen molar-refractivity contribution in [1.29, 1.82) is 0 Å². The number of methoxy groups -OCH3 is 2. The molecule has 2 saturated carbocycles.